The van der Waals surface area contributed by atoms with E-state index in [1.165, 1.54) is 0 Å². The SMILES string of the molecule is CO[C@H]1CNC[C@H](Nc2cncc(-c3cnc4ccccn34)n2)C1. The predicted octanol–water partition coefficient (Wildman–Crippen LogP) is 1.58. The number of nitrogens with one attached hydrogen (secondary N) is 2. The first-order valence-corrected chi connectivity index (χ1v) is 8.08. The van der Waals surface area contributed by atoms with Crippen LogP contribution in [0.3, 0.4) is 0 Å². The average Bonchev–Trinajstić information content (AvgIpc) is 3.06. The lowest BCUT2D eigenvalue weighted by Crippen LogP contribution is -2.46. The summed E-state index contributed by atoms with van der Waals surface area (Å²) in [6, 6.07) is 6.19. The molecule has 24 heavy (non-hydrogen) atoms. The van der Waals surface area contributed by atoms with Crippen LogP contribution in [0.25, 0.3) is 17.0 Å². The van der Waals surface area contributed by atoms with Crippen LogP contribution in [0.2, 0.25) is 0 Å². The van der Waals surface area contributed by atoms with Crippen molar-refractivity contribution in [2.24, 2.45) is 0 Å². The van der Waals surface area contributed by atoms with Gasteiger partial charge in [-0.25, -0.2) is 9.97 Å². The number of pyridine rings is 1. The number of methoxy groups -OCH3 is 1. The number of anilines is 1. The van der Waals surface area contributed by atoms with Gasteiger partial charge in [-0.15, -0.1) is 0 Å². The van der Waals surface area contributed by atoms with Crippen molar-refractivity contribution in [2.45, 2.75) is 18.6 Å². The summed E-state index contributed by atoms with van der Waals surface area (Å²) >= 11 is 0. The van der Waals surface area contributed by atoms with Crippen molar-refractivity contribution in [3.63, 3.8) is 0 Å². The molecule has 4 heterocycles. The molecule has 7 heteroatoms. The molecule has 0 radical (unpaired) electrons. The van der Waals surface area contributed by atoms with E-state index in [0.717, 1.165) is 42.4 Å². The van der Waals surface area contributed by atoms with Crippen LogP contribution in [0.5, 0.6) is 0 Å². The third-order valence-corrected chi connectivity index (χ3v) is 4.31. The molecule has 4 rings (SSSR count). The second kappa shape index (κ2) is 6.54. The third-order valence-electron chi connectivity index (χ3n) is 4.31. The topological polar surface area (TPSA) is 76.4 Å². The molecule has 7 nitrogen and oxygen atoms in total. The Labute approximate surface area is 140 Å². The van der Waals surface area contributed by atoms with Gasteiger partial charge in [-0.05, 0) is 18.6 Å². The predicted molar refractivity (Wildman–Crippen MR) is 91.9 cm³/mol. The number of hydrogen-bond donors (Lipinski definition) is 2. The lowest BCUT2D eigenvalue weighted by molar-refractivity contribution is 0.0770. The van der Waals surface area contributed by atoms with Crippen LogP contribution in [-0.2, 0) is 4.74 Å². The molecule has 1 saturated heterocycles. The molecule has 1 aliphatic rings. The van der Waals surface area contributed by atoms with E-state index in [2.05, 4.69) is 20.6 Å². The fraction of sp³-hybridized carbons (Fsp3) is 0.353. The first-order valence-electron chi connectivity index (χ1n) is 8.08. The van der Waals surface area contributed by atoms with Crippen molar-refractivity contribution in [3.05, 3.63) is 43.0 Å². The lowest BCUT2D eigenvalue weighted by Gasteiger charge is -2.29. The zero-order valence-electron chi connectivity index (χ0n) is 13.5. The summed E-state index contributed by atoms with van der Waals surface area (Å²) in [7, 11) is 1.75. The minimum absolute atomic E-state index is 0.228. The summed E-state index contributed by atoms with van der Waals surface area (Å²) in [4.78, 5) is 13.5. The van der Waals surface area contributed by atoms with Crippen molar-refractivity contribution in [1.29, 1.82) is 0 Å². The molecule has 0 spiro atoms. The zero-order valence-corrected chi connectivity index (χ0v) is 13.5. The first-order chi connectivity index (χ1) is 11.8. The highest BCUT2D eigenvalue weighted by molar-refractivity contribution is 5.60. The van der Waals surface area contributed by atoms with Gasteiger partial charge in [0.15, 0.2) is 0 Å². The van der Waals surface area contributed by atoms with E-state index in [9.17, 15) is 0 Å². The van der Waals surface area contributed by atoms with Crippen molar-refractivity contribution in [1.82, 2.24) is 24.7 Å². The van der Waals surface area contributed by atoms with Crippen molar-refractivity contribution >= 4 is 11.5 Å². The Bertz CT molecular complexity index is 833. The number of aromatic nitrogens is 4. The van der Waals surface area contributed by atoms with Gasteiger partial charge >= 0.3 is 0 Å². The molecule has 1 fully saturated rings. The van der Waals surface area contributed by atoms with Gasteiger partial charge in [0, 0.05) is 32.4 Å². The highest BCUT2D eigenvalue weighted by Crippen LogP contribution is 2.20. The maximum Gasteiger partial charge on any atom is 0.145 e. The van der Waals surface area contributed by atoms with Crippen LogP contribution in [0.4, 0.5) is 5.82 Å². The molecule has 3 aromatic rings. The van der Waals surface area contributed by atoms with Gasteiger partial charge in [0.2, 0.25) is 0 Å². The first kappa shape index (κ1) is 15.0. The third kappa shape index (κ3) is 2.95. The molecule has 3 aromatic heterocycles. The Hall–Kier alpha value is -2.51. The number of ether oxygens (including phenoxy) is 1. The van der Waals surface area contributed by atoms with Gasteiger partial charge in [-0.1, -0.05) is 6.07 Å². The molecule has 0 amide bonds. The fourth-order valence-electron chi connectivity index (χ4n) is 3.08. The summed E-state index contributed by atoms with van der Waals surface area (Å²) in [6.07, 6.45) is 8.50. The van der Waals surface area contributed by atoms with Crippen molar-refractivity contribution in [2.75, 3.05) is 25.5 Å². The highest BCUT2D eigenvalue weighted by Gasteiger charge is 2.21. The molecular formula is C17H20N6O. The number of imidazole rings is 1. The summed E-state index contributed by atoms with van der Waals surface area (Å²) < 4.78 is 7.45. The minimum atomic E-state index is 0.228. The van der Waals surface area contributed by atoms with E-state index >= 15 is 0 Å². The summed E-state index contributed by atoms with van der Waals surface area (Å²) in [5, 5.41) is 6.82. The Kier molecular flexibility index (Phi) is 4.10. The van der Waals surface area contributed by atoms with Crippen LogP contribution in [-0.4, -0.2) is 51.7 Å². The van der Waals surface area contributed by atoms with Crippen molar-refractivity contribution in [3.8, 4) is 11.4 Å². The van der Waals surface area contributed by atoms with Gasteiger partial charge in [0.05, 0.1) is 30.4 Å². The molecule has 2 atom stereocenters. The van der Waals surface area contributed by atoms with Crippen LogP contribution in [0.15, 0.2) is 43.0 Å². The minimum Gasteiger partial charge on any atom is -0.380 e. The van der Waals surface area contributed by atoms with E-state index in [-0.39, 0.29) is 12.1 Å². The summed E-state index contributed by atoms with van der Waals surface area (Å²) in [5.41, 5.74) is 2.62. The summed E-state index contributed by atoms with van der Waals surface area (Å²) in [6.45, 7) is 1.78. The van der Waals surface area contributed by atoms with Gasteiger partial charge < -0.3 is 15.4 Å². The number of piperidine rings is 1. The van der Waals surface area contributed by atoms with Crippen LogP contribution < -0.4 is 10.6 Å². The normalized spacial score (nSPS) is 21.0. The molecule has 0 aromatic carbocycles. The number of nitrogens with zero attached hydrogens (tertiary/aromatic N) is 4. The highest BCUT2D eigenvalue weighted by atomic mass is 16.5. The number of hydrogen-bond acceptors (Lipinski definition) is 6. The smallest absolute Gasteiger partial charge is 0.145 e. The fourth-order valence-corrected chi connectivity index (χ4v) is 3.08. The van der Waals surface area contributed by atoms with Gasteiger partial charge in [0.25, 0.3) is 0 Å². The van der Waals surface area contributed by atoms with Crippen molar-refractivity contribution < 1.29 is 4.74 Å². The molecule has 2 N–H and O–H groups in total. The van der Waals surface area contributed by atoms with E-state index in [4.69, 9.17) is 9.72 Å². The second-order valence-electron chi connectivity index (χ2n) is 5.95. The summed E-state index contributed by atoms with van der Waals surface area (Å²) in [5.74, 6) is 0.766. The lowest BCUT2D eigenvalue weighted by atomic mass is 10.1. The Balaban J connectivity index is 1.57. The molecular weight excluding hydrogens is 304 g/mol. The average molecular weight is 324 g/mol. The van der Waals surface area contributed by atoms with E-state index in [1.807, 2.05) is 35.0 Å². The Morgan fingerprint density at radius 3 is 3.12 bits per heavy atom. The molecule has 0 aliphatic carbocycles. The van der Waals surface area contributed by atoms with Gasteiger partial charge in [-0.3, -0.25) is 9.38 Å². The maximum absolute atomic E-state index is 5.44. The monoisotopic (exact) mass is 324 g/mol. The maximum atomic E-state index is 5.44. The largest absolute Gasteiger partial charge is 0.380 e. The Morgan fingerprint density at radius 2 is 2.21 bits per heavy atom. The second-order valence-corrected chi connectivity index (χ2v) is 5.95. The zero-order chi connectivity index (χ0) is 16.4. The number of rotatable bonds is 4. The number of fused-ring (bicyclic) bond motifs is 1. The van der Waals surface area contributed by atoms with Crippen LogP contribution in [0, 0.1) is 0 Å². The van der Waals surface area contributed by atoms with Crippen LogP contribution in [0.1, 0.15) is 6.42 Å². The Morgan fingerprint density at radius 1 is 1.25 bits per heavy atom. The van der Waals surface area contributed by atoms with Gasteiger partial charge in [0.1, 0.15) is 17.2 Å². The standard InChI is InChI=1S/C17H20N6O/c1-24-13-6-12(7-18-8-13)21-16-11-19-9-14(22-16)15-10-20-17-4-2-3-5-23(15)17/h2-5,9-13,18H,6-8H2,1H3,(H,21,22)/t12-,13-/m1/s1. The van der Waals surface area contributed by atoms with Gasteiger partial charge in [-0.2, -0.15) is 0 Å². The quantitative estimate of drug-likeness (QED) is 0.759. The molecule has 0 bridgehead atoms. The molecule has 0 unspecified atom stereocenters. The molecule has 0 saturated carbocycles. The molecule has 1 aliphatic heterocycles. The molecule has 124 valence electrons. The van der Waals surface area contributed by atoms with E-state index in [0.29, 0.717) is 0 Å². The van der Waals surface area contributed by atoms with Crippen LogP contribution >= 0.6 is 0 Å². The van der Waals surface area contributed by atoms with E-state index in [1.54, 1.807) is 19.5 Å². The van der Waals surface area contributed by atoms with E-state index < -0.39 is 0 Å².